The number of hydrogen-bond donors (Lipinski definition) is 0. The molecule has 0 aliphatic carbocycles. The molecule has 1 aromatic rings. The first-order valence-electron chi connectivity index (χ1n) is 5.57. The van der Waals surface area contributed by atoms with Gasteiger partial charge in [-0.2, -0.15) is 0 Å². The van der Waals surface area contributed by atoms with Crippen LogP contribution >= 0.6 is 11.6 Å². The Bertz CT molecular complexity index is 363. The van der Waals surface area contributed by atoms with Crippen molar-refractivity contribution >= 4 is 11.6 Å². The first-order valence-corrected chi connectivity index (χ1v) is 6.00. The quantitative estimate of drug-likeness (QED) is 0.671. The summed E-state index contributed by atoms with van der Waals surface area (Å²) in [7, 11) is 0. The predicted molar refractivity (Wildman–Crippen MR) is 64.1 cm³/mol. The smallest absolute Gasteiger partial charge is 0.127 e. The monoisotopic (exact) mass is 246 g/mol. The van der Waals surface area contributed by atoms with Gasteiger partial charge in [0.2, 0.25) is 0 Å². The number of alkyl halides is 1. The molecule has 0 bridgehead atoms. The lowest BCUT2D eigenvalue weighted by atomic mass is 9.93. The Kier molecular flexibility index (Phi) is 4.72. The Balaban J connectivity index is 2.99. The third-order valence-corrected chi connectivity index (χ3v) is 3.47. The average Bonchev–Trinajstić information content (AvgIpc) is 2.23. The molecule has 0 radical (unpaired) electrons. The molecule has 90 valence electrons. The van der Waals surface area contributed by atoms with Gasteiger partial charge >= 0.3 is 0 Å². The molecule has 16 heavy (non-hydrogen) atoms. The summed E-state index contributed by atoms with van der Waals surface area (Å²) in [4.78, 5) is 0. The normalized spacial score (nSPS) is 14.9. The Hall–Kier alpha value is -0.630. The van der Waals surface area contributed by atoms with Crippen LogP contribution in [-0.2, 0) is 0 Å². The molecule has 0 saturated carbocycles. The molecule has 0 heterocycles. The zero-order chi connectivity index (χ0) is 12.3. The van der Waals surface area contributed by atoms with Crippen molar-refractivity contribution in [3.05, 3.63) is 34.9 Å². The van der Waals surface area contributed by atoms with Crippen LogP contribution in [0.5, 0.6) is 0 Å². The molecule has 0 aromatic heterocycles. The Morgan fingerprint density at radius 1 is 1.25 bits per heavy atom. The number of benzene rings is 1. The molecule has 0 saturated heterocycles. The van der Waals surface area contributed by atoms with E-state index >= 15 is 0 Å². The van der Waals surface area contributed by atoms with Crippen molar-refractivity contribution in [2.24, 2.45) is 0 Å². The fourth-order valence-corrected chi connectivity index (χ4v) is 2.09. The highest BCUT2D eigenvalue weighted by molar-refractivity contribution is 6.21. The molecule has 0 aliphatic rings. The molecule has 0 nitrogen and oxygen atoms in total. The van der Waals surface area contributed by atoms with Crippen LogP contribution in [0.4, 0.5) is 8.78 Å². The number of rotatable bonds is 4. The van der Waals surface area contributed by atoms with Gasteiger partial charge in [-0.05, 0) is 36.6 Å². The van der Waals surface area contributed by atoms with Gasteiger partial charge in [0, 0.05) is 11.3 Å². The van der Waals surface area contributed by atoms with E-state index in [0.717, 1.165) is 12.8 Å². The molecule has 2 atom stereocenters. The SMILES string of the molecule is CCCC(Cl)C(C)c1cc(F)c(C)cc1F. The van der Waals surface area contributed by atoms with E-state index in [2.05, 4.69) is 0 Å². The zero-order valence-corrected chi connectivity index (χ0v) is 10.6. The lowest BCUT2D eigenvalue weighted by Crippen LogP contribution is -2.11. The van der Waals surface area contributed by atoms with Gasteiger partial charge in [-0.3, -0.25) is 0 Å². The highest BCUT2D eigenvalue weighted by Gasteiger charge is 2.20. The maximum atomic E-state index is 13.7. The van der Waals surface area contributed by atoms with Gasteiger partial charge in [0.05, 0.1) is 0 Å². The van der Waals surface area contributed by atoms with Gasteiger partial charge in [0.15, 0.2) is 0 Å². The van der Waals surface area contributed by atoms with Crippen LogP contribution < -0.4 is 0 Å². The third kappa shape index (κ3) is 2.94. The van der Waals surface area contributed by atoms with Gasteiger partial charge < -0.3 is 0 Å². The fraction of sp³-hybridized carbons (Fsp3) is 0.538. The van der Waals surface area contributed by atoms with E-state index in [1.54, 1.807) is 6.92 Å². The summed E-state index contributed by atoms with van der Waals surface area (Å²) in [6.45, 7) is 5.41. The van der Waals surface area contributed by atoms with Crippen molar-refractivity contribution in [1.82, 2.24) is 0 Å². The van der Waals surface area contributed by atoms with E-state index in [0.29, 0.717) is 11.1 Å². The molecular weight excluding hydrogens is 230 g/mol. The maximum absolute atomic E-state index is 13.7. The molecule has 1 rings (SSSR count). The summed E-state index contributed by atoms with van der Waals surface area (Å²) >= 11 is 6.14. The first-order chi connectivity index (χ1) is 7.47. The summed E-state index contributed by atoms with van der Waals surface area (Å²) in [6.07, 6.45) is 1.74. The maximum Gasteiger partial charge on any atom is 0.127 e. The van der Waals surface area contributed by atoms with Crippen LogP contribution in [0, 0.1) is 18.6 Å². The molecule has 0 N–H and O–H groups in total. The Morgan fingerprint density at radius 3 is 2.44 bits per heavy atom. The molecule has 0 amide bonds. The van der Waals surface area contributed by atoms with Crippen molar-refractivity contribution in [2.75, 3.05) is 0 Å². The zero-order valence-electron chi connectivity index (χ0n) is 9.86. The van der Waals surface area contributed by atoms with Crippen LogP contribution in [0.15, 0.2) is 12.1 Å². The average molecular weight is 247 g/mol. The number of halogens is 3. The second-order valence-electron chi connectivity index (χ2n) is 4.22. The van der Waals surface area contributed by atoms with Crippen molar-refractivity contribution in [3.63, 3.8) is 0 Å². The highest BCUT2D eigenvalue weighted by atomic mass is 35.5. The van der Waals surface area contributed by atoms with Crippen molar-refractivity contribution in [3.8, 4) is 0 Å². The fourth-order valence-electron chi connectivity index (χ4n) is 1.73. The van der Waals surface area contributed by atoms with E-state index in [9.17, 15) is 8.78 Å². The van der Waals surface area contributed by atoms with Gasteiger partial charge in [0.25, 0.3) is 0 Å². The minimum absolute atomic E-state index is 0.151. The van der Waals surface area contributed by atoms with Gasteiger partial charge in [-0.15, -0.1) is 11.6 Å². The molecule has 0 spiro atoms. The third-order valence-electron chi connectivity index (χ3n) is 2.88. The minimum Gasteiger partial charge on any atom is -0.207 e. The standard InChI is InChI=1S/C13H17ClF2/c1-4-5-11(14)9(3)10-7-12(15)8(2)6-13(10)16/h6-7,9,11H,4-5H2,1-3H3. The highest BCUT2D eigenvalue weighted by Crippen LogP contribution is 2.29. The second kappa shape index (κ2) is 5.62. The van der Waals surface area contributed by atoms with E-state index < -0.39 is 0 Å². The molecule has 0 fully saturated rings. The van der Waals surface area contributed by atoms with E-state index in [-0.39, 0.29) is 22.9 Å². The lowest BCUT2D eigenvalue weighted by molar-refractivity contribution is 0.545. The minimum atomic E-state index is -0.372. The van der Waals surface area contributed by atoms with Gasteiger partial charge in [-0.1, -0.05) is 20.3 Å². The Morgan fingerprint density at radius 2 is 1.88 bits per heavy atom. The van der Waals surface area contributed by atoms with Gasteiger partial charge in [-0.25, -0.2) is 8.78 Å². The van der Waals surface area contributed by atoms with Gasteiger partial charge in [0.1, 0.15) is 11.6 Å². The molecule has 2 unspecified atom stereocenters. The second-order valence-corrected chi connectivity index (χ2v) is 4.78. The van der Waals surface area contributed by atoms with Crippen LogP contribution in [0.25, 0.3) is 0 Å². The largest absolute Gasteiger partial charge is 0.207 e. The van der Waals surface area contributed by atoms with E-state index in [1.165, 1.54) is 12.1 Å². The molecule has 0 aliphatic heterocycles. The molecular formula is C13H17ClF2. The lowest BCUT2D eigenvalue weighted by Gasteiger charge is -2.19. The summed E-state index contributed by atoms with van der Waals surface area (Å²) in [5, 5.41) is -0.151. The van der Waals surface area contributed by atoms with Crippen molar-refractivity contribution < 1.29 is 8.78 Å². The Labute approximate surface area is 101 Å². The van der Waals surface area contributed by atoms with E-state index in [1.807, 2.05) is 13.8 Å². The first kappa shape index (κ1) is 13.4. The number of hydrogen-bond acceptors (Lipinski definition) is 0. The van der Waals surface area contributed by atoms with Crippen LogP contribution in [0.3, 0.4) is 0 Å². The summed E-state index contributed by atoms with van der Waals surface area (Å²) in [5.41, 5.74) is 0.701. The van der Waals surface area contributed by atoms with Crippen LogP contribution in [0.1, 0.15) is 43.7 Å². The van der Waals surface area contributed by atoms with Crippen LogP contribution in [-0.4, -0.2) is 5.38 Å². The van der Waals surface area contributed by atoms with Crippen LogP contribution in [0.2, 0.25) is 0 Å². The predicted octanol–water partition coefficient (Wildman–Crippen LogP) is 4.78. The summed E-state index contributed by atoms with van der Waals surface area (Å²) in [5.74, 6) is -0.909. The van der Waals surface area contributed by atoms with Crippen molar-refractivity contribution in [1.29, 1.82) is 0 Å². The summed E-state index contributed by atoms with van der Waals surface area (Å²) < 4.78 is 27.0. The molecule has 3 heteroatoms. The topological polar surface area (TPSA) is 0 Å². The summed E-state index contributed by atoms with van der Waals surface area (Å²) in [6, 6.07) is 2.50. The number of aryl methyl sites for hydroxylation is 1. The molecule has 1 aromatic carbocycles. The van der Waals surface area contributed by atoms with Crippen molar-refractivity contribution in [2.45, 2.75) is 44.9 Å². The van der Waals surface area contributed by atoms with E-state index in [4.69, 9.17) is 11.6 Å².